The fourth-order valence-corrected chi connectivity index (χ4v) is 4.29. The number of phenols is 1. The molecule has 1 atom stereocenters. The number of nitrogens with zero attached hydrogens (tertiary/aromatic N) is 1. The van der Waals surface area contributed by atoms with Crippen LogP contribution in [0.5, 0.6) is 11.5 Å². The number of benzene rings is 3. The number of para-hydroxylation sites is 1. The summed E-state index contributed by atoms with van der Waals surface area (Å²) in [7, 11) is 0. The van der Waals surface area contributed by atoms with Gasteiger partial charge in [0, 0.05) is 5.56 Å². The summed E-state index contributed by atoms with van der Waals surface area (Å²) in [5.41, 5.74) is 2.85. The predicted molar refractivity (Wildman–Crippen MR) is 123 cm³/mol. The van der Waals surface area contributed by atoms with Gasteiger partial charge in [-0.05, 0) is 80.2 Å². The number of aromatic hydroxyl groups is 1. The number of likely N-dealkylation sites (tertiary alicyclic amines) is 1. The Labute approximate surface area is 184 Å². The van der Waals surface area contributed by atoms with E-state index >= 15 is 0 Å². The van der Waals surface area contributed by atoms with Crippen LogP contribution in [0.15, 0.2) is 78.9 Å². The van der Waals surface area contributed by atoms with E-state index in [1.54, 1.807) is 6.07 Å². The van der Waals surface area contributed by atoms with Crippen LogP contribution in [-0.4, -0.2) is 34.9 Å². The molecule has 0 radical (unpaired) electrons. The van der Waals surface area contributed by atoms with Crippen LogP contribution < -0.4 is 4.74 Å². The second-order valence-corrected chi connectivity index (χ2v) is 8.21. The summed E-state index contributed by atoms with van der Waals surface area (Å²) < 4.78 is 5.82. The van der Waals surface area contributed by atoms with Gasteiger partial charge in [-0.2, -0.15) is 0 Å². The Bertz CT molecular complexity index is 993. The number of Topliss-reactive ketones (excluding diaryl/α,β-unsaturated/α-hetero) is 1. The van der Waals surface area contributed by atoms with E-state index < -0.39 is 0 Å². The minimum Gasteiger partial charge on any atom is -0.508 e. The van der Waals surface area contributed by atoms with Gasteiger partial charge in [0.25, 0.3) is 0 Å². The van der Waals surface area contributed by atoms with E-state index in [0.29, 0.717) is 23.8 Å². The Morgan fingerprint density at radius 1 is 0.968 bits per heavy atom. The number of hydrogen-bond acceptors (Lipinski definition) is 4. The zero-order chi connectivity index (χ0) is 21.6. The lowest BCUT2D eigenvalue weighted by atomic mass is 9.88. The van der Waals surface area contributed by atoms with E-state index in [1.165, 1.54) is 0 Å². The lowest BCUT2D eigenvalue weighted by Crippen LogP contribution is -2.43. The molecule has 1 heterocycles. The maximum absolute atomic E-state index is 13.0. The Balaban J connectivity index is 1.31. The fraction of sp³-hybridized carbons (Fsp3) is 0.296. The van der Waals surface area contributed by atoms with E-state index in [0.717, 1.165) is 42.8 Å². The fourth-order valence-electron chi connectivity index (χ4n) is 4.29. The van der Waals surface area contributed by atoms with Crippen molar-refractivity contribution in [1.82, 2.24) is 4.90 Å². The smallest absolute Gasteiger partial charge is 0.179 e. The quantitative estimate of drug-likeness (QED) is 0.523. The first-order chi connectivity index (χ1) is 15.1. The highest BCUT2D eigenvalue weighted by atomic mass is 16.5. The number of rotatable bonds is 7. The van der Waals surface area contributed by atoms with Crippen molar-refractivity contribution in [2.45, 2.75) is 38.3 Å². The van der Waals surface area contributed by atoms with Gasteiger partial charge < -0.3 is 9.84 Å². The van der Waals surface area contributed by atoms with Crippen LogP contribution >= 0.6 is 0 Å². The van der Waals surface area contributed by atoms with Crippen LogP contribution in [0.25, 0.3) is 0 Å². The van der Waals surface area contributed by atoms with Gasteiger partial charge in [0.05, 0.1) is 6.04 Å². The van der Waals surface area contributed by atoms with E-state index in [-0.39, 0.29) is 11.8 Å². The molecule has 3 aromatic rings. The highest BCUT2D eigenvalue weighted by Crippen LogP contribution is 2.34. The van der Waals surface area contributed by atoms with Crippen LogP contribution in [0.1, 0.15) is 47.2 Å². The van der Waals surface area contributed by atoms with Gasteiger partial charge in [-0.1, -0.05) is 48.5 Å². The Hall–Kier alpha value is -3.11. The van der Waals surface area contributed by atoms with Crippen molar-refractivity contribution in [2.24, 2.45) is 0 Å². The number of carbonyl (C=O) groups is 1. The van der Waals surface area contributed by atoms with Crippen LogP contribution in [0, 0.1) is 0 Å². The van der Waals surface area contributed by atoms with Gasteiger partial charge >= 0.3 is 0 Å². The molecule has 160 valence electrons. The lowest BCUT2D eigenvalue weighted by Gasteiger charge is -2.35. The van der Waals surface area contributed by atoms with Gasteiger partial charge in [0.1, 0.15) is 18.1 Å². The van der Waals surface area contributed by atoms with Gasteiger partial charge in [-0.3, -0.25) is 9.69 Å². The average Bonchev–Trinajstić information content (AvgIpc) is 2.83. The van der Waals surface area contributed by atoms with Crippen molar-refractivity contribution in [3.63, 3.8) is 0 Å². The Morgan fingerprint density at radius 2 is 1.61 bits per heavy atom. The minimum atomic E-state index is -0.165. The van der Waals surface area contributed by atoms with E-state index in [2.05, 4.69) is 4.90 Å². The Kier molecular flexibility index (Phi) is 6.68. The van der Waals surface area contributed by atoms with Gasteiger partial charge in [0.15, 0.2) is 5.78 Å². The number of carbonyl (C=O) groups excluding carboxylic acids is 1. The molecule has 3 aromatic carbocycles. The predicted octanol–water partition coefficient (Wildman–Crippen LogP) is 5.42. The number of ether oxygens (including phenoxy) is 1. The van der Waals surface area contributed by atoms with Gasteiger partial charge in [-0.25, -0.2) is 0 Å². The molecule has 0 amide bonds. The molecule has 1 N–H and O–H groups in total. The summed E-state index contributed by atoms with van der Waals surface area (Å²) in [6, 6.07) is 24.9. The number of ketones is 1. The van der Waals surface area contributed by atoms with Crippen LogP contribution in [0.3, 0.4) is 0 Å². The van der Waals surface area contributed by atoms with Gasteiger partial charge in [0.2, 0.25) is 0 Å². The zero-order valence-corrected chi connectivity index (χ0v) is 17.9. The third-order valence-electron chi connectivity index (χ3n) is 6.22. The maximum atomic E-state index is 13.0. The van der Waals surface area contributed by atoms with Crippen LogP contribution in [-0.2, 0) is 6.61 Å². The largest absolute Gasteiger partial charge is 0.508 e. The molecule has 1 fully saturated rings. The third-order valence-corrected chi connectivity index (χ3v) is 6.22. The number of piperidine rings is 1. The van der Waals surface area contributed by atoms with Crippen molar-refractivity contribution < 1.29 is 14.6 Å². The molecule has 31 heavy (non-hydrogen) atoms. The van der Waals surface area contributed by atoms with Crippen molar-refractivity contribution in [1.29, 1.82) is 0 Å². The Morgan fingerprint density at radius 3 is 2.29 bits per heavy atom. The summed E-state index contributed by atoms with van der Waals surface area (Å²) in [5.74, 6) is 1.62. The number of phenolic OH excluding ortho intramolecular Hbond substituents is 1. The number of hydrogen-bond donors (Lipinski definition) is 1. The zero-order valence-electron chi connectivity index (χ0n) is 17.9. The minimum absolute atomic E-state index is 0.135. The van der Waals surface area contributed by atoms with Gasteiger partial charge in [-0.15, -0.1) is 0 Å². The molecule has 0 bridgehead atoms. The SMILES string of the molecule is C[C@@H](C(=O)c1ccc(OCc2ccccc2)cc1)N1CCC(c2ccccc2O)CC1. The lowest BCUT2D eigenvalue weighted by molar-refractivity contribution is 0.0796. The summed E-state index contributed by atoms with van der Waals surface area (Å²) in [6.07, 6.45) is 1.89. The molecule has 4 nitrogen and oxygen atoms in total. The summed E-state index contributed by atoms with van der Waals surface area (Å²) >= 11 is 0. The molecule has 1 aliphatic heterocycles. The summed E-state index contributed by atoms with van der Waals surface area (Å²) in [5, 5.41) is 10.1. The molecule has 0 unspecified atom stereocenters. The van der Waals surface area contributed by atoms with Crippen molar-refractivity contribution >= 4 is 5.78 Å². The van der Waals surface area contributed by atoms with Crippen LogP contribution in [0.2, 0.25) is 0 Å². The first-order valence-corrected chi connectivity index (χ1v) is 10.9. The summed E-state index contributed by atoms with van der Waals surface area (Å²) in [6.45, 7) is 4.20. The second kappa shape index (κ2) is 9.80. The topological polar surface area (TPSA) is 49.8 Å². The third kappa shape index (κ3) is 5.15. The van der Waals surface area contributed by atoms with Crippen molar-refractivity contribution in [3.05, 3.63) is 95.6 Å². The molecule has 4 rings (SSSR count). The van der Waals surface area contributed by atoms with E-state index in [1.807, 2.05) is 79.7 Å². The molecular weight excluding hydrogens is 386 g/mol. The van der Waals surface area contributed by atoms with E-state index in [9.17, 15) is 9.90 Å². The standard InChI is InChI=1S/C27H29NO3/c1-20(28-17-15-22(16-18-28)25-9-5-6-10-26(25)29)27(30)23-11-13-24(14-12-23)31-19-21-7-3-2-4-8-21/h2-14,20,22,29H,15-19H2,1H3/t20-/m0/s1. The summed E-state index contributed by atoms with van der Waals surface area (Å²) in [4.78, 5) is 15.3. The van der Waals surface area contributed by atoms with Crippen molar-refractivity contribution in [2.75, 3.05) is 13.1 Å². The highest BCUT2D eigenvalue weighted by molar-refractivity contribution is 5.99. The highest BCUT2D eigenvalue weighted by Gasteiger charge is 2.28. The monoisotopic (exact) mass is 415 g/mol. The van der Waals surface area contributed by atoms with E-state index in [4.69, 9.17) is 4.74 Å². The molecular formula is C27H29NO3. The normalized spacial score (nSPS) is 16.0. The molecule has 0 spiro atoms. The first kappa shape index (κ1) is 21.1. The first-order valence-electron chi connectivity index (χ1n) is 10.9. The molecule has 1 saturated heterocycles. The van der Waals surface area contributed by atoms with Crippen LogP contribution in [0.4, 0.5) is 0 Å². The van der Waals surface area contributed by atoms with Crippen molar-refractivity contribution in [3.8, 4) is 11.5 Å². The average molecular weight is 416 g/mol. The molecule has 4 heteroatoms. The molecule has 1 aliphatic rings. The molecule has 0 saturated carbocycles. The molecule has 0 aromatic heterocycles. The molecule has 0 aliphatic carbocycles. The maximum Gasteiger partial charge on any atom is 0.179 e. The second-order valence-electron chi connectivity index (χ2n) is 8.21.